The first-order valence-electron chi connectivity index (χ1n) is 6.23. The molecule has 0 saturated heterocycles. The third kappa shape index (κ3) is 2.30. The van der Waals surface area contributed by atoms with Gasteiger partial charge in [0, 0.05) is 22.0 Å². The zero-order chi connectivity index (χ0) is 15.0. The van der Waals surface area contributed by atoms with E-state index in [0.29, 0.717) is 16.6 Å². The highest BCUT2D eigenvalue weighted by Gasteiger charge is 2.13. The van der Waals surface area contributed by atoms with Gasteiger partial charge in [0.25, 0.3) is 4.90 Å². The largest absolute Gasteiger partial charge is 0.505 e. The van der Waals surface area contributed by atoms with Gasteiger partial charge in [-0.3, -0.25) is 4.57 Å². The second-order valence-electron chi connectivity index (χ2n) is 4.58. The maximum Gasteiger partial charge on any atom is 0.505 e. The van der Waals surface area contributed by atoms with E-state index in [1.54, 1.807) is 30.3 Å². The van der Waals surface area contributed by atoms with Gasteiger partial charge in [-0.05, 0) is 37.3 Å². The Hall–Kier alpha value is -2.60. The van der Waals surface area contributed by atoms with Crippen molar-refractivity contribution in [3.8, 4) is 5.69 Å². The summed E-state index contributed by atoms with van der Waals surface area (Å²) < 4.78 is 12.6. The maximum atomic E-state index is 11.1. The molecule has 2 aromatic carbocycles. The van der Waals surface area contributed by atoms with Crippen LogP contribution in [0.2, 0.25) is 0 Å². The number of aromatic carboxylic acids is 1. The van der Waals surface area contributed by atoms with Crippen molar-refractivity contribution in [3.05, 3.63) is 53.9 Å². The molecule has 0 radical (unpaired) electrons. The second kappa shape index (κ2) is 5.06. The van der Waals surface area contributed by atoms with Crippen LogP contribution in [0.4, 0.5) is 0 Å². The summed E-state index contributed by atoms with van der Waals surface area (Å²) in [6.07, 6.45) is 0. The lowest BCUT2D eigenvalue weighted by atomic mass is 10.2. The van der Waals surface area contributed by atoms with E-state index in [1.165, 1.54) is 0 Å². The van der Waals surface area contributed by atoms with Gasteiger partial charge in [-0.15, -0.1) is 0 Å². The van der Waals surface area contributed by atoms with Crippen molar-refractivity contribution in [1.82, 2.24) is 9.55 Å². The van der Waals surface area contributed by atoms with Gasteiger partial charge in [0.05, 0.1) is 16.6 Å². The Bertz CT molecular complexity index is 853. The van der Waals surface area contributed by atoms with Gasteiger partial charge in [0.1, 0.15) is 5.82 Å². The number of rotatable bonds is 3. The Balaban J connectivity index is 2.24. The van der Waals surface area contributed by atoms with Crippen molar-refractivity contribution >= 4 is 28.7 Å². The molecule has 3 rings (SSSR count). The zero-order valence-electron chi connectivity index (χ0n) is 11.1. The standard InChI is InChI=1S/C15H10N2O3S/c1-9-16-13-7-2-10(15(18)19)8-14(13)17(9)11-3-5-12(21-20)6-4-11/h2-8H,1H3/p+1. The van der Waals surface area contributed by atoms with Crippen molar-refractivity contribution in [2.24, 2.45) is 0 Å². The zero-order valence-corrected chi connectivity index (χ0v) is 11.9. The van der Waals surface area contributed by atoms with Crippen LogP contribution in [0.5, 0.6) is 0 Å². The Kier molecular flexibility index (Phi) is 3.23. The number of aryl methyl sites for hydroxylation is 1. The second-order valence-corrected chi connectivity index (χ2v) is 5.22. The molecule has 0 atom stereocenters. The number of hydrogen-bond acceptors (Lipinski definition) is 3. The predicted molar refractivity (Wildman–Crippen MR) is 79.1 cm³/mol. The summed E-state index contributed by atoms with van der Waals surface area (Å²) in [5.74, 6) is -0.213. The number of hydrogen-bond donors (Lipinski definition) is 1. The first kappa shape index (κ1) is 13.4. The van der Waals surface area contributed by atoms with E-state index in [0.717, 1.165) is 22.5 Å². The quantitative estimate of drug-likeness (QED) is 0.755. The first-order valence-corrected chi connectivity index (χ1v) is 6.97. The minimum Gasteiger partial charge on any atom is -0.478 e. The summed E-state index contributed by atoms with van der Waals surface area (Å²) in [6, 6.07) is 12.0. The van der Waals surface area contributed by atoms with Crippen LogP contribution in [0.25, 0.3) is 16.7 Å². The fraction of sp³-hybridized carbons (Fsp3) is 0.0667. The van der Waals surface area contributed by atoms with Gasteiger partial charge in [-0.1, -0.05) is 0 Å². The number of fused-ring (bicyclic) bond motifs is 1. The molecule has 1 N–H and O–H groups in total. The lowest BCUT2D eigenvalue weighted by molar-refractivity contribution is 0.0697. The van der Waals surface area contributed by atoms with Crippen LogP contribution in [0.15, 0.2) is 47.4 Å². The molecular formula is C15H11N2O3S+. The van der Waals surface area contributed by atoms with Gasteiger partial charge in [0.2, 0.25) is 0 Å². The molecule has 21 heavy (non-hydrogen) atoms. The van der Waals surface area contributed by atoms with E-state index in [4.69, 9.17) is 5.11 Å². The SMILES string of the molecule is Cc1nc2ccc(C(=O)O)cc2n1-c1ccc([S+]=O)cc1. The molecule has 0 unspecified atom stereocenters. The van der Waals surface area contributed by atoms with Crippen molar-refractivity contribution in [1.29, 1.82) is 0 Å². The third-order valence-electron chi connectivity index (χ3n) is 3.26. The fourth-order valence-corrected chi connectivity index (χ4v) is 2.55. The van der Waals surface area contributed by atoms with Crippen LogP contribution in [0, 0.1) is 6.92 Å². The molecule has 0 saturated carbocycles. The maximum absolute atomic E-state index is 11.1. The highest BCUT2D eigenvalue weighted by Crippen LogP contribution is 2.23. The van der Waals surface area contributed by atoms with Crippen molar-refractivity contribution < 1.29 is 14.1 Å². The van der Waals surface area contributed by atoms with Crippen LogP contribution in [-0.2, 0) is 15.9 Å². The van der Waals surface area contributed by atoms with Gasteiger partial charge >= 0.3 is 17.6 Å². The van der Waals surface area contributed by atoms with Crippen LogP contribution < -0.4 is 0 Å². The van der Waals surface area contributed by atoms with E-state index >= 15 is 0 Å². The first-order chi connectivity index (χ1) is 10.1. The molecule has 1 heterocycles. The van der Waals surface area contributed by atoms with Gasteiger partial charge in [-0.2, -0.15) is 0 Å². The van der Waals surface area contributed by atoms with Gasteiger partial charge in [-0.25, -0.2) is 9.78 Å². The molecule has 5 nitrogen and oxygen atoms in total. The molecular weight excluding hydrogens is 288 g/mol. The molecule has 0 amide bonds. The minimum absolute atomic E-state index is 0.218. The molecule has 0 aliphatic heterocycles. The Morgan fingerprint density at radius 2 is 1.90 bits per heavy atom. The van der Waals surface area contributed by atoms with E-state index in [1.807, 2.05) is 23.6 Å². The summed E-state index contributed by atoms with van der Waals surface area (Å²) >= 11 is 0.436. The number of benzene rings is 2. The highest BCUT2D eigenvalue weighted by atomic mass is 32.1. The molecule has 1 aromatic heterocycles. The topological polar surface area (TPSA) is 72.2 Å². The monoisotopic (exact) mass is 299 g/mol. The summed E-state index contributed by atoms with van der Waals surface area (Å²) in [4.78, 5) is 16.2. The molecule has 0 spiro atoms. The van der Waals surface area contributed by atoms with E-state index in [9.17, 15) is 9.00 Å². The van der Waals surface area contributed by atoms with Crippen molar-refractivity contribution in [2.75, 3.05) is 0 Å². The lowest BCUT2D eigenvalue weighted by Gasteiger charge is -2.06. The van der Waals surface area contributed by atoms with E-state index in [2.05, 4.69) is 4.98 Å². The number of imidazole rings is 1. The lowest BCUT2D eigenvalue weighted by Crippen LogP contribution is -1.99. The number of aromatic nitrogens is 2. The molecule has 0 aliphatic rings. The predicted octanol–water partition coefficient (Wildman–Crippen LogP) is 2.82. The highest BCUT2D eigenvalue weighted by molar-refractivity contribution is 7.65. The van der Waals surface area contributed by atoms with Crippen LogP contribution >= 0.6 is 0 Å². The summed E-state index contributed by atoms with van der Waals surface area (Å²) in [6.45, 7) is 1.86. The van der Waals surface area contributed by atoms with Crippen molar-refractivity contribution in [2.45, 2.75) is 11.8 Å². The van der Waals surface area contributed by atoms with Crippen LogP contribution in [0.3, 0.4) is 0 Å². The smallest absolute Gasteiger partial charge is 0.478 e. The minimum atomic E-state index is -0.972. The van der Waals surface area contributed by atoms with E-state index in [-0.39, 0.29) is 5.56 Å². The molecule has 0 aliphatic carbocycles. The summed E-state index contributed by atoms with van der Waals surface area (Å²) in [7, 11) is 0. The molecule has 0 bridgehead atoms. The molecule has 0 fully saturated rings. The molecule has 3 aromatic rings. The van der Waals surface area contributed by atoms with Gasteiger partial charge < -0.3 is 5.11 Å². The number of carboxylic acid groups (broad SMARTS) is 1. The molecule has 104 valence electrons. The third-order valence-corrected chi connectivity index (χ3v) is 3.72. The number of carboxylic acids is 1. The Labute approximate surface area is 124 Å². The molecule has 6 heteroatoms. The average molecular weight is 299 g/mol. The summed E-state index contributed by atoms with van der Waals surface area (Å²) in [5, 5.41) is 9.11. The van der Waals surface area contributed by atoms with E-state index < -0.39 is 5.97 Å². The Morgan fingerprint density at radius 3 is 2.52 bits per heavy atom. The number of carbonyl (C=O) groups is 1. The van der Waals surface area contributed by atoms with Crippen molar-refractivity contribution in [3.63, 3.8) is 0 Å². The summed E-state index contributed by atoms with van der Waals surface area (Å²) in [5.41, 5.74) is 2.53. The number of nitrogens with zero attached hydrogens (tertiary/aromatic N) is 2. The van der Waals surface area contributed by atoms with Crippen LogP contribution in [-0.4, -0.2) is 20.6 Å². The Morgan fingerprint density at radius 1 is 1.19 bits per heavy atom. The normalized spacial score (nSPS) is 10.7. The van der Waals surface area contributed by atoms with Gasteiger partial charge in [0.15, 0.2) is 0 Å². The fourth-order valence-electron chi connectivity index (χ4n) is 2.31. The van der Waals surface area contributed by atoms with Crippen LogP contribution in [0.1, 0.15) is 16.2 Å². The average Bonchev–Trinajstić information content (AvgIpc) is 2.82.